The third-order valence-electron chi connectivity index (χ3n) is 2.56. The lowest BCUT2D eigenvalue weighted by Crippen LogP contribution is -1.99. The van der Waals surface area contributed by atoms with Crippen LogP contribution in [0.3, 0.4) is 0 Å². The molecule has 0 aromatic heterocycles. The minimum atomic E-state index is -4.43. The minimum Gasteiger partial charge on any atom is -0.282 e. The fourth-order valence-electron chi connectivity index (χ4n) is 1.73. The molecule has 7 heteroatoms. The summed E-state index contributed by atoms with van der Waals surface area (Å²) in [5.74, 6) is 0. The van der Waals surface area contributed by atoms with Crippen molar-refractivity contribution in [2.24, 2.45) is 0 Å². The smallest absolute Gasteiger partial charge is 0.282 e. The van der Waals surface area contributed by atoms with Crippen molar-refractivity contribution in [1.82, 2.24) is 0 Å². The zero-order valence-corrected chi connectivity index (χ0v) is 11.0. The molecule has 0 bridgehead atoms. The van der Waals surface area contributed by atoms with Crippen LogP contribution >= 0.6 is 0 Å². The van der Waals surface area contributed by atoms with Crippen LogP contribution in [0, 0.1) is 6.92 Å². The maximum absolute atomic E-state index is 11.2. The molecule has 0 heterocycles. The van der Waals surface area contributed by atoms with Crippen molar-refractivity contribution >= 4 is 31.6 Å². The summed E-state index contributed by atoms with van der Waals surface area (Å²) in [5, 5.41) is 0.892. The second-order valence-electron chi connectivity index (χ2n) is 3.90. The molecule has 2 aromatic carbocycles. The van der Waals surface area contributed by atoms with Gasteiger partial charge in [0.1, 0.15) is 0 Å². The number of rotatable bonds is 2. The molecule has 0 radical (unpaired) electrons. The fourth-order valence-corrected chi connectivity index (χ4v) is 2.99. The highest BCUT2D eigenvalue weighted by Gasteiger charge is 2.14. The molecule has 0 atom stereocenters. The van der Waals surface area contributed by atoms with E-state index in [2.05, 4.69) is 0 Å². The van der Waals surface area contributed by atoms with E-state index in [1.54, 1.807) is 25.1 Å². The summed E-state index contributed by atoms with van der Waals surface area (Å²) in [7, 11) is -7.37. The van der Waals surface area contributed by atoms with Crippen molar-refractivity contribution in [3.05, 3.63) is 35.9 Å². The number of benzene rings is 2. The average Bonchev–Trinajstić information content (AvgIpc) is 2.25. The Kier molecular flexibility index (Phi) is 3.14. The minimum absolute atomic E-state index is 0.112. The van der Waals surface area contributed by atoms with Gasteiger partial charge in [0.05, 0.1) is 9.79 Å². The molecule has 0 amide bonds. The summed E-state index contributed by atoms with van der Waals surface area (Å²) < 4.78 is 53.5. The van der Waals surface area contributed by atoms with Gasteiger partial charge in [0, 0.05) is 5.39 Å². The van der Waals surface area contributed by atoms with Crippen LogP contribution in [-0.4, -0.2) is 21.4 Å². The molecule has 0 unspecified atom stereocenters. The van der Waals surface area contributed by atoms with E-state index in [1.165, 1.54) is 6.07 Å². The van der Waals surface area contributed by atoms with Gasteiger partial charge in [-0.15, -0.1) is 0 Å². The number of hydrogen-bond donors (Lipinski definition) is 2. The Labute approximate surface area is 106 Å². The van der Waals surface area contributed by atoms with Crippen molar-refractivity contribution in [2.45, 2.75) is 16.7 Å². The molecule has 2 rings (SSSR count). The van der Waals surface area contributed by atoms with E-state index >= 15 is 0 Å². The normalized spacial score (nSPS) is 12.2. The van der Waals surface area contributed by atoms with Gasteiger partial charge in [0.2, 0.25) is 0 Å². The summed E-state index contributed by atoms with van der Waals surface area (Å²) in [6.07, 6.45) is 0. The molecule has 96 valence electrons. The predicted molar refractivity (Wildman–Crippen MR) is 67.1 cm³/mol. The predicted octanol–water partition coefficient (Wildman–Crippen LogP) is 1.37. The standard InChI is InChI=1S/C11H10O5S2/c1-7-2-3-8-5-9(18(14,15)16)6-11(17(12)13)10(8)4-7/h2-6,17H,1H3,(H,14,15,16). The van der Waals surface area contributed by atoms with E-state index < -0.39 is 25.7 Å². The Morgan fingerprint density at radius 2 is 1.78 bits per heavy atom. The molecule has 18 heavy (non-hydrogen) atoms. The number of aryl methyl sites for hydroxylation is 1. The highest BCUT2D eigenvalue weighted by atomic mass is 32.2. The van der Waals surface area contributed by atoms with Crippen LogP contribution in [0.5, 0.6) is 0 Å². The van der Waals surface area contributed by atoms with Crippen LogP contribution in [0.1, 0.15) is 5.56 Å². The van der Waals surface area contributed by atoms with Crippen molar-refractivity contribution < 1.29 is 21.4 Å². The van der Waals surface area contributed by atoms with E-state index in [-0.39, 0.29) is 4.90 Å². The second-order valence-corrected chi connectivity index (χ2v) is 6.32. The van der Waals surface area contributed by atoms with E-state index in [4.69, 9.17) is 4.55 Å². The highest BCUT2D eigenvalue weighted by Crippen LogP contribution is 2.25. The van der Waals surface area contributed by atoms with Crippen molar-refractivity contribution in [3.8, 4) is 0 Å². The van der Waals surface area contributed by atoms with Gasteiger partial charge in [-0.1, -0.05) is 23.8 Å². The zero-order valence-electron chi connectivity index (χ0n) is 9.32. The Morgan fingerprint density at radius 3 is 2.33 bits per heavy atom. The molecule has 5 nitrogen and oxygen atoms in total. The summed E-state index contributed by atoms with van der Waals surface area (Å²) >= 11 is 0. The van der Waals surface area contributed by atoms with Crippen LogP contribution in [0.2, 0.25) is 0 Å². The first-order valence-electron chi connectivity index (χ1n) is 4.95. The Balaban J connectivity index is 2.96. The molecule has 0 aliphatic rings. The van der Waals surface area contributed by atoms with Crippen LogP contribution in [0.15, 0.2) is 40.1 Å². The lowest BCUT2D eigenvalue weighted by Gasteiger charge is -2.05. The topological polar surface area (TPSA) is 88.5 Å². The Morgan fingerprint density at radius 1 is 1.11 bits per heavy atom. The lowest BCUT2D eigenvalue weighted by molar-refractivity contribution is 0.483. The van der Waals surface area contributed by atoms with Crippen molar-refractivity contribution in [1.29, 1.82) is 0 Å². The number of hydrogen-bond acceptors (Lipinski definition) is 4. The first-order chi connectivity index (χ1) is 8.29. The maximum atomic E-state index is 11.2. The molecule has 0 aliphatic carbocycles. The summed E-state index contributed by atoms with van der Waals surface area (Å²) in [6.45, 7) is 1.80. The van der Waals surface area contributed by atoms with E-state index in [1.807, 2.05) is 0 Å². The quantitative estimate of drug-likeness (QED) is 0.643. The molecule has 2 aromatic rings. The van der Waals surface area contributed by atoms with Crippen LogP contribution in [0.25, 0.3) is 10.8 Å². The van der Waals surface area contributed by atoms with Gasteiger partial charge in [0.15, 0.2) is 10.7 Å². The zero-order chi connectivity index (χ0) is 13.5. The van der Waals surface area contributed by atoms with E-state index in [0.29, 0.717) is 10.8 Å². The average molecular weight is 286 g/mol. The number of fused-ring (bicyclic) bond motifs is 1. The summed E-state index contributed by atoms with van der Waals surface area (Å²) in [6, 6.07) is 7.21. The molecule has 0 saturated heterocycles. The monoisotopic (exact) mass is 286 g/mol. The first-order valence-corrected chi connectivity index (χ1v) is 7.57. The fraction of sp³-hybridized carbons (Fsp3) is 0.0909. The molecular weight excluding hydrogens is 276 g/mol. The largest absolute Gasteiger partial charge is 0.294 e. The molecule has 0 fully saturated rings. The van der Waals surface area contributed by atoms with E-state index in [9.17, 15) is 16.8 Å². The molecule has 1 N–H and O–H groups in total. The van der Waals surface area contributed by atoms with Gasteiger partial charge in [-0.2, -0.15) is 8.42 Å². The third-order valence-corrected chi connectivity index (χ3v) is 4.15. The van der Waals surface area contributed by atoms with E-state index in [0.717, 1.165) is 11.6 Å². The van der Waals surface area contributed by atoms with Crippen molar-refractivity contribution in [2.75, 3.05) is 0 Å². The van der Waals surface area contributed by atoms with Gasteiger partial charge in [-0.25, -0.2) is 8.42 Å². The van der Waals surface area contributed by atoms with Crippen molar-refractivity contribution in [3.63, 3.8) is 0 Å². The molecular formula is C11H10O5S2. The van der Waals surface area contributed by atoms with Crippen LogP contribution in [-0.2, 0) is 20.8 Å². The maximum Gasteiger partial charge on any atom is 0.294 e. The Hall–Kier alpha value is -1.44. The summed E-state index contributed by atoms with van der Waals surface area (Å²) in [4.78, 5) is -0.535. The molecule has 0 saturated carbocycles. The van der Waals surface area contributed by atoms with Gasteiger partial charge in [-0.3, -0.25) is 4.55 Å². The van der Waals surface area contributed by atoms with Gasteiger partial charge in [0.25, 0.3) is 10.1 Å². The van der Waals surface area contributed by atoms with Crippen LogP contribution < -0.4 is 0 Å². The second kappa shape index (κ2) is 4.34. The molecule has 0 spiro atoms. The summed E-state index contributed by atoms with van der Waals surface area (Å²) in [5.41, 5.74) is 0.861. The van der Waals surface area contributed by atoms with Gasteiger partial charge >= 0.3 is 0 Å². The molecule has 0 aliphatic heterocycles. The highest BCUT2D eigenvalue weighted by molar-refractivity contribution is 7.85. The Bertz CT molecular complexity index is 796. The van der Waals surface area contributed by atoms with Gasteiger partial charge < -0.3 is 0 Å². The lowest BCUT2D eigenvalue weighted by atomic mass is 10.1. The SMILES string of the molecule is Cc1ccc2cc(S(=O)(=O)O)cc([SH](=O)=O)c2c1. The van der Waals surface area contributed by atoms with Crippen LogP contribution in [0.4, 0.5) is 0 Å². The first kappa shape index (κ1) is 13.0. The number of thiol groups is 1. The third kappa shape index (κ3) is 2.38. The van der Waals surface area contributed by atoms with Gasteiger partial charge in [-0.05, 0) is 24.4 Å².